The number of benzene rings is 2. The molecule has 0 aliphatic rings. The molecule has 5 heteroatoms. The summed E-state index contributed by atoms with van der Waals surface area (Å²) in [5, 5.41) is 2.56. The van der Waals surface area contributed by atoms with Crippen LogP contribution in [-0.4, -0.2) is 4.98 Å². The molecule has 134 valence electrons. The first-order chi connectivity index (χ1) is 13.2. The minimum atomic E-state index is 0.419. The maximum absolute atomic E-state index is 6.16. The summed E-state index contributed by atoms with van der Waals surface area (Å²) in [6, 6.07) is 17.7. The molecule has 2 heterocycles. The normalized spacial score (nSPS) is 11.3. The summed E-state index contributed by atoms with van der Waals surface area (Å²) < 4.78 is 7.12. The SMILES string of the molecule is Nc1sc2ccncc2c1COc1cccc(/C=C/c2ccc(Cl)cc2)c1. The Morgan fingerprint density at radius 2 is 1.85 bits per heavy atom. The van der Waals surface area contributed by atoms with Crippen molar-refractivity contribution in [1.29, 1.82) is 0 Å². The number of fused-ring (bicyclic) bond motifs is 1. The Kier molecular flexibility index (Phi) is 5.10. The molecule has 0 unspecified atom stereocenters. The predicted octanol–water partition coefficient (Wildman–Crippen LogP) is 6.28. The molecule has 0 spiro atoms. The first kappa shape index (κ1) is 17.6. The lowest BCUT2D eigenvalue weighted by Gasteiger charge is -2.07. The van der Waals surface area contributed by atoms with E-state index in [0.29, 0.717) is 6.61 Å². The number of pyridine rings is 1. The molecule has 2 aromatic heterocycles. The van der Waals surface area contributed by atoms with E-state index in [-0.39, 0.29) is 0 Å². The fourth-order valence-electron chi connectivity index (χ4n) is 2.79. The van der Waals surface area contributed by atoms with E-state index in [1.165, 1.54) is 0 Å². The number of aromatic nitrogens is 1. The first-order valence-corrected chi connectivity index (χ1v) is 9.66. The molecule has 4 aromatic rings. The van der Waals surface area contributed by atoms with E-state index in [4.69, 9.17) is 22.1 Å². The number of anilines is 1. The lowest BCUT2D eigenvalue weighted by molar-refractivity contribution is 0.308. The number of hydrogen-bond donors (Lipinski definition) is 1. The lowest BCUT2D eigenvalue weighted by atomic mass is 10.1. The third kappa shape index (κ3) is 4.13. The second kappa shape index (κ2) is 7.82. The van der Waals surface area contributed by atoms with Gasteiger partial charge in [-0.05, 0) is 41.5 Å². The first-order valence-electron chi connectivity index (χ1n) is 8.46. The Hall–Kier alpha value is -2.82. The molecule has 2 aromatic carbocycles. The second-order valence-electron chi connectivity index (χ2n) is 6.06. The van der Waals surface area contributed by atoms with Crippen LogP contribution >= 0.6 is 22.9 Å². The van der Waals surface area contributed by atoms with Gasteiger partial charge in [-0.3, -0.25) is 4.98 Å². The molecule has 0 aliphatic carbocycles. The second-order valence-corrected chi connectivity index (χ2v) is 7.58. The van der Waals surface area contributed by atoms with Crippen molar-refractivity contribution >= 4 is 50.2 Å². The van der Waals surface area contributed by atoms with Crippen molar-refractivity contribution in [2.24, 2.45) is 0 Å². The molecule has 0 saturated carbocycles. The highest BCUT2D eigenvalue weighted by Crippen LogP contribution is 2.33. The van der Waals surface area contributed by atoms with E-state index in [1.54, 1.807) is 17.5 Å². The molecule has 0 radical (unpaired) electrons. The number of nitrogens with two attached hydrogens (primary N) is 1. The number of hydrogen-bond acceptors (Lipinski definition) is 4. The molecular weight excluding hydrogens is 376 g/mol. The fourth-order valence-corrected chi connectivity index (χ4v) is 3.86. The average molecular weight is 393 g/mol. The number of nitrogens with zero attached hydrogens (tertiary/aromatic N) is 1. The van der Waals surface area contributed by atoms with Crippen molar-refractivity contribution < 1.29 is 4.74 Å². The quantitative estimate of drug-likeness (QED) is 0.406. The molecule has 0 saturated heterocycles. The summed E-state index contributed by atoms with van der Waals surface area (Å²) in [7, 11) is 0. The van der Waals surface area contributed by atoms with Crippen LogP contribution < -0.4 is 10.5 Å². The van der Waals surface area contributed by atoms with Gasteiger partial charge in [0.2, 0.25) is 0 Å². The van der Waals surface area contributed by atoms with E-state index >= 15 is 0 Å². The lowest BCUT2D eigenvalue weighted by Crippen LogP contribution is -1.98. The van der Waals surface area contributed by atoms with Gasteiger partial charge in [0.15, 0.2) is 0 Å². The monoisotopic (exact) mass is 392 g/mol. The number of thiophene rings is 1. The molecule has 0 atom stereocenters. The summed E-state index contributed by atoms with van der Waals surface area (Å²) in [5.41, 5.74) is 9.31. The minimum Gasteiger partial charge on any atom is -0.489 e. The Bertz CT molecular complexity index is 1100. The largest absolute Gasteiger partial charge is 0.489 e. The van der Waals surface area contributed by atoms with Crippen LogP contribution in [0, 0.1) is 0 Å². The highest BCUT2D eigenvalue weighted by atomic mass is 35.5. The minimum absolute atomic E-state index is 0.419. The summed E-state index contributed by atoms with van der Waals surface area (Å²) in [6.45, 7) is 0.419. The zero-order chi connectivity index (χ0) is 18.6. The molecule has 4 rings (SSSR count). The molecular formula is C22H17ClN2OS. The Morgan fingerprint density at radius 3 is 2.70 bits per heavy atom. The topological polar surface area (TPSA) is 48.1 Å². The Balaban J connectivity index is 1.49. The molecule has 0 bridgehead atoms. The Labute approximate surface area is 166 Å². The van der Waals surface area contributed by atoms with Gasteiger partial charge < -0.3 is 10.5 Å². The number of ether oxygens (including phenoxy) is 1. The van der Waals surface area contributed by atoms with Crippen molar-refractivity contribution in [3.63, 3.8) is 0 Å². The van der Waals surface area contributed by atoms with Crippen LogP contribution in [0.1, 0.15) is 16.7 Å². The van der Waals surface area contributed by atoms with Crippen LogP contribution in [0.4, 0.5) is 5.00 Å². The van der Waals surface area contributed by atoms with Gasteiger partial charge in [-0.2, -0.15) is 0 Å². The van der Waals surface area contributed by atoms with Gasteiger partial charge in [0.05, 0.1) is 5.00 Å². The highest BCUT2D eigenvalue weighted by Gasteiger charge is 2.10. The average Bonchev–Trinajstić information content (AvgIpc) is 3.01. The zero-order valence-electron chi connectivity index (χ0n) is 14.4. The smallest absolute Gasteiger partial charge is 0.120 e. The zero-order valence-corrected chi connectivity index (χ0v) is 16.0. The number of rotatable bonds is 5. The van der Waals surface area contributed by atoms with Gasteiger partial charge in [-0.1, -0.05) is 48.0 Å². The van der Waals surface area contributed by atoms with Crippen LogP contribution in [0.5, 0.6) is 5.75 Å². The van der Waals surface area contributed by atoms with Crippen LogP contribution in [0.2, 0.25) is 5.02 Å². The summed E-state index contributed by atoms with van der Waals surface area (Å²) in [6.07, 6.45) is 7.71. The van der Waals surface area contributed by atoms with Gasteiger partial charge in [0, 0.05) is 33.1 Å². The standard InChI is InChI=1S/C22H17ClN2OS/c23-17-8-6-15(7-9-17)4-5-16-2-1-3-18(12-16)26-14-20-19-13-25-11-10-21(19)27-22(20)24/h1-13H,14,24H2/b5-4+. The van der Waals surface area contributed by atoms with Crippen LogP contribution in [0.15, 0.2) is 67.0 Å². The van der Waals surface area contributed by atoms with E-state index in [2.05, 4.69) is 4.98 Å². The van der Waals surface area contributed by atoms with E-state index in [1.807, 2.05) is 72.9 Å². The molecule has 0 aliphatic heterocycles. The van der Waals surface area contributed by atoms with Crippen molar-refractivity contribution in [3.05, 3.63) is 88.7 Å². The summed E-state index contributed by atoms with van der Waals surface area (Å²) >= 11 is 7.48. The van der Waals surface area contributed by atoms with Gasteiger partial charge in [0.1, 0.15) is 12.4 Å². The van der Waals surface area contributed by atoms with Gasteiger partial charge >= 0.3 is 0 Å². The number of nitrogen functional groups attached to an aromatic ring is 1. The Morgan fingerprint density at radius 1 is 1.04 bits per heavy atom. The summed E-state index contributed by atoms with van der Waals surface area (Å²) in [5.74, 6) is 0.802. The van der Waals surface area contributed by atoms with Gasteiger partial charge in [-0.15, -0.1) is 11.3 Å². The maximum Gasteiger partial charge on any atom is 0.120 e. The third-order valence-corrected chi connectivity index (χ3v) is 5.50. The van der Waals surface area contributed by atoms with E-state index in [0.717, 1.165) is 42.5 Å². The van der Waals surface area contributed by atoms with Crippen LogP contribution in [-0.2, 0) is 6.61 Å². The van der Waals surface area contributed by atoms with Gasteiger partial charge in [-0.25, -0.2) is 0 Å². The number of halogens is 1. The molecule has 0 fully saturated rings. The van der Waals surface area contributed by atoms with Crippen molar-refractivity contribution in [1.82, 2.24) is 4.98 Å². The van der Waals surface area contributed by atoms with Crippen LogP contribution in [0.3, 0.4) is 0 Å². The third-order valence-electron chi connectivity index (χ3n) is 4.20. The van der Waals surface area contributed by atoms with E-state index in [9.17, 15) is 0 Å². The van der Waals surface area contributed by atoms with Crippen LogP contribution in [0.25, 0.3) is 22.2 Å². The predicted molar refractivity (Wildman–Crippen MR) is 115 cm³/mol. The van der Waals surface area contributed by atoms with E-state index < -0.39 is 0 Å². The van der Waals surface area contributed by atoms with Crippen molar-refractivity contribution in [2.45, 2.75) is 6.61 Å². The van der Waals surface area contributed by atoms with Crippen molar-refractivity contribution in [3.8, 4) is 5.75 Å². The van der Waals surface area contributed by atoms with Crippen molar-refractivity contribution in [2.75, 3.05) is 5.73 Å². The molecule has 3 nitrogen and oxygen atoms in total. The molecule has 27 heavy (non-hydrogen) atoms. The summed E-state index contributed by atoms with van der Waals surface area (Å²) in [4.78, 5) is 4.19. The fraction of sp³-hybridized carbons (Fsp3) is 0.0455. The molecule has 0 amide bonds. The molecule has 2 N–H and O–H groups in total. The van der Waals surface area contributed by atoms with Gasteiger partial charge in [0.25, 0.3) is 0 Å². The maximum atomic E-state index is 6.16. The highest BCUT2D eigenvalue weighted by molar-refractivity contribution is 7.22.